The monoisotopic (exact) mass is 533 g/mol. The Morgan fingerprint density at radius 2 is 1.50 bits per heavy atom. The number of aliphatic hydroxyl groups is 3. The Labute approximate surface area is 221 Å². The van der Waals surface area contributed by atoms with Gasteiger partial charge in [0.1, 0.15) is 23.6 Å². The number of nitrogens with one attached hydrogen (secondary N) is 1. The van der Waals surface area contributed by atoms with Gasteiger partial charge in [-0.15, -0.1) is 0 Å². The number of aryl methyl sites for hydroxylation is 1. The molecule has 11 heteroatoms. The van der Waals surface area contributed by atoms with Crippen LogP contribution in [-0.2, 0) is 4.74 Å². The molecule has 208 valence electrons. The molecule has 0 aliphatic carbocycles. The lowest BCUT2D eigenvalue weighted by Crippen LogP contribution is -2.50. The number of ether oxygens (including phenoxy) is 5. The quantitative estimate of drug-likeness (QED) is 0.313. The van der Waals surface area contributed by atoms with Crippen LogP contribution in [0.4, 0.5) is 0 Å². The summed E-state index contributed by atoms with van der Waals surface area (Å²) in [6.07, 6.45) is -4.98. The molecule has 1 amide bonds. The topological polar surface area (TPSA) is 153 Å². The van der Waals surface area contributed by atoms with Gasteiger partial charge >= 0.3 is 0 Å². The molecule has 4 N–H and O–H groups in total. The fourth-order valence-electron chi connectivity index (χ4n) is 4.42. The summed E-state index contributed by atoms with van der Waals surface area (Å²) in [7, 11) is 5.80. The molecule has 11 nitrogen and oxygen atoms in total. The van der Waals surface area contributed by atoms with Crippen LogP contribution in [0.3, 0.4) is 0 Å². The second-order valence-electron chi connectivity index (χ2n) is 9.13. The summed E-state index contributed by atoms with van der Waals surface area (Å²) in [5, 5.41) is 34.8. The molecule has 1 heterocycles. The van der Waals surface area contributed by atoms with Crippen molar-refractivity contribution in [1.82, 2.24) is 5.32 Å². The third-order valence-electron chi connectivity index (χ3n) is 6.90. The number of aliphatic hydroxyl groups excluding tert-OH is 2. The number of methoxy groups -OCH3 is 4. The van der Waals surface area contributed by atoms with E-state index in [1.807, 2.05) is 13.8 Å². The van der Waals surface area contributed by atoms with Crippen molar-refractivity contribution in [3.63, 3.8) is 0 Å². The Morgan fingerprint density at radius 3 is 2.05 bits per heavy atom. The minimum absolute atomic E-state index is 0.185. The highest BCUT2D eigenvalue weighted by Gasteiger charge is 2.54. The number of hydrogen-bond donors (Lipinski definition) is 4. The Morgan fingerprint density at radius 1 is 0.921 bits per heavy atom. The number of carbonyl (C=O) groups excluding carboxylic acids is 2. The number of carbonyl (C=O) groups is 2. The zero-order valence-electron chi connectivity index (χ0n) is 22.4. The molecule has 3 rings (SSSR count). The van der Waals surface area contributed by atoms with Crippen LogP contribution in [0.5, 0.6) is 23.0 Å². The summed E-state index contributed by atoms with van der Waals surface area (Å²) in [4.78, 5) is 25.6. The van der Waals surface area contributed by atoms with Gasteiger partial charge in [-0.25, -0.2) is 0 Å². The predicted molar refractivity (Wildman–Crippen MR) is 136 cm³/mol. The van der Waals surface area contributed by atoms with Gasteiger partial charge in [-0.1, -0.05) is 0 Å². The maximum absolute atomic E-state index is 12.9. The van der Waals surface area contributed by atoms with E-state index >= 15 is 0 Å². The molecule has 0 saturated carbocycles. The number of amides is 1. The van der Waals surface area contributed by atoms with Crippen LogP contribution >= 0.6 is 0 Å². The second-order valence-corrected chi connectivity index (χ2v) is 9.13. The van der Waals surface area contributed by atoms with Crippen LogP contribution in [0.25, 0.3) is 0 Å². The fraction of sp³-hybridized carbons (Fsp3) is 0.481. The molecule has 1 unspecified atom stereocenters. The molecule has 0 aromatic heterocycles. The lowest BCUT2D eigenvalue weighted by Gasteiger charge is -2.28. The van der Waals surface area contributed by atoms with Crippen LogP contribution in [-0.4, -0.2) is 86.1 Å². The van der Waals surface area contributed by atoms with Crippen molar-refractivity contribution in [2.45, 2.75) is 50.8 Å². The summed E-state index contributed by atoms with van der Waals surface area (Å²) >= 11 is 0. The molecule has 38 heavy (non-hydrogen) atoms. The molecule has 0 bridgehead atoms. The maximum atomic E-state index is 12.9. The van der Waals surface area contributed by atoms with Crippen LogP contribution in [0.2, 0.25) is 0 Å². The highest BCUT2D eigenvalue weighted by atomic mass is 16.6. The summed E-state index contributed by atoms with van der Waals surface area (Å²) in [5.74, 6) is 0.631. The number of Topliss-reactive ketones (excluding diaryl/α,β-unsaturated/α-hetero) is 1. The summed E-state index contributed by atoms with van der Waals surface area (Å²) in [6.45, 7) is 3.55. The number of benzene rings is 2. The summed E-state index contributed by atoms with van der Waals surface area (Å²) < 4.78 is 26.5. The normalized spacial score (nSPS) is 22.6. The first-order valence-electron chi connectivity index (χ1n) is 12.0. The Kier molecular flexibility index (Phi) is 9.21. The van der Waals surface area contributed by atoms with Crippen LogP contribution in [0.15, 0.2) is 24.3 Å². The van der Waals surface area contributed by atoms with Gasteiger partial charge in [-0.3, -0.25) is 9.59 Å². The lowest BCUT2D eigenvalue weighted by atomic mass is 9.88. The fourth-order valence-corrected chi connectivity index (χ4v) is 4.42. The van der Waals surface area contributed by atoms with E-state index in [2.05, 4.69) is 5.32 Å². The molecule has 1 aliphatic heterocycles. The molecule has 2 aromatic carbocycles. The molecular weight excluding hydrogens is 498 g/mol. The Hall–Kier alpha value is -3.38. The number of ketones is 1. The van der Waals surface area contributed by atoms with E-state index in [1.54, 1.807) is 12.1 Å². The Bertz CT molecular complexity index is 1160. The van der Waals surface area contributed by atoms with Gasteiger partial charge in [-0.05, 0) is 55.7 Å². The van der Waals surface area contributed by atoms with Gasteiger partial charge in [0.15, 0.2) is 23.6 Å². The smallest absolute Gasteiger partial charge is 0.251 e. The van der Waals surface area contributed by atoms with E-state index < -0.39 is 35.8 Å². The zero-order chi connectivity index (χ0) is 28.2. The van der Waals surface area contributed by atoms with Gasteiger partial charge in [0, 0.05) is 24.1 Å². The van der Waals surface area contributed by atoms with Crippen molar-refractivity contribution in [2.75, 3.05) is 35.0 Å². The van der Waals surface area contributed by atoms with Gasteiger partial charge in [0.25, 0.3) is 5.91 Å². The predicted octanol–water partition coefficient (Wildman–Crippen LogP) is 1.54. The standard InChI is InChI=1S/C27H35NO10/c1-14-9-17(12-19(34-3)15(14)2)25(31)28-13-22-24(30)27(33,26(32)38-22)8-7-18(29)16-10-20(35-4)23(37-6)21(11-16)36-5/h9-12,22,24,26,30,32-33H,7-8,13H2,1-6H3,(H,28,31)/t22-,24-,26?,27-/m1/s1. The first-order valence-corrected chi connectivity index (χ1v) is 12.0. The number of hydrogen-bond acceptors (Lipinski definition) is 10. The van der Waals surface area contributed by atoms with E-state index in [9.17, 15) is 24.9 Å². The molecule has 1 saturated heterocycles. The zero-order valence-corrected chi connectivity index (χ0v) is 22.4. The van der Waals surface area contributed by atoms with Gasteiger partial charge < -0.3 is 44.3 Å². The first kappa shape index (κ1) is 29.2. The second kappa shape index (κ2) is 12.0. The summed E-state index contributed by atoms with van der Waals surface area (Å²) in [6, 6.07) is 6.26. The molecule has 4 atom stereocenters. The maximum Gasteiger partial charge on any atom is 0.251 e. The van der Waals surface area contributed by atoms with Crippen molar-refractivity contribution in [3.05, 3.63) is 46.5 Å². The van der Waals surface area contributed by atoms with Crippen LogP contribution < -0.4 is 24.3 Å². The molecule has 1 aliphatic rings. The van der Waals surface area contributed by atoms with Crippen molar-refractivity contribution < 1.29 is 48.6 Å². The average Bonchev–Trinajstić information content (AvgIpc) is 3.13. The minimum Gasteiger partial charge on any atom is -0.496 e. The van der Waals surface area contributed by atoms with Crippen LogP contribution in [0, 0.1) is 13.8 Å². The van der Waals surface area contributed by atoms with E-state index in [0.717, 1.165) is 11.1 Å². The Balaban J connectivity index is 1.66. The molecule has 2 aromatic rings. The summed E-state index contributed by atoms with van der Waals surface area (Å²) in [5.41, 5.74) is 0.235. The van der Waals surface area contributed by atoms with Crippen molar-refractivity contribution >= 4 is 11.7 Å². The average molecular weight is 534 g/mol. The molecule has 0 radical (unpaired) electrons. The minimum atomic E-state index is -2.13. The molecule has 0 spiro atoms. The third-order valence-corrected chi connectivity index (χ3v) is 6.90. The van der Waals surface area contributed by atoms with Crippen molar-refractivity contribution in [2.24, 2.45) is 0 Å². The first-order chi connectivity index (χ1) is 18.0. The van der Waals surface area contributed by atoms with Crippen molar-refractivity contribution in [3.8, 4) is 23.0 Å². The third kappa shape index (κ3) is 5.70. The van der Waals surface area contributed by atoms with Crippen LogP contribution in [0.1, 0.15) is 44.7 Å². The van der Waals surface area contributed by atoms with E-state index in [4.69, 9.17) is 23.7 Å². The molecule has 1 fully saturated rings. The van der Waals surface area contributed by atoms with Gasteiger partial charge in [0.2, 0.25) is 5.75 Å². The highest BCUT2D eigenvalue weighted by molar-refractivity contribution is 5.97. The number of rotatable bonds is 11. The lowest BCUT2D eigenvalue weighted by molar-refractivity contribution is -0.177. The largest absolute Gasteiger partial charge is 0.496 e. The van der Waals surface area contributed by atoms with E-state index in [1.165, 1.54) is 40.6 Å². The highest BCUT2D eigenvalue weighted by Crippen LogP contribution is 2.39. The van der Waals surface area contributed by atoms with Gasteiger partial charge in [-0.2, -0.15) is 0 Å². The SMILES string of the molecule is COc1cc(C(=O)NC[C@H]2OC(O)[C@@](O)(CCC(=O)c3cc(OC)c(OC)c(OC)c3)[C@@H]2O)cc(C)c1C. The van der Waals surface area contributed by atoms with Crippen molar-refractivity contribution in [1.29, 1.82) is 0 Å². The van der Waals surface area contributed by atoms with E-state index in [0.29, 0.717) is 17.1 Å². The molecular formula is C27H35NO10. The van der Waals surface area contributed by atoms with E-state index in [-0.39, 0.29) is 36.4 Å². The van der Waals surface area contributed by atoms with Gasteiger partial charge in [0.05, 0.1) is 28.4 Å².